The largest absolute Gasteiger partial charge is 0.454 e. The number of carbonyl (C=O) groups is 3. The summed E-state index contributed by atoms with van der Waals surface area (Å²) in [5, 5.41) is 0. The topological polar surface area (TPSA) is 79.4 Å². The Hall–Kier alpha value is -2.87. The fourth-order valence-corrected chi connectivity index (χ4v) is 5.81. The van der Waals surface area contributed by atoms with Crippen LogP contribution in [0.2, 0.25) is 0 Å². The van der Waals surface area contributed by atoms with E-state index in [0.717, 1.165) is 43.1 Å². The summed E-state index contributed by atoms with van der Waals surface area (Å²) in [5.41, 5.74) is 1.15. The zero-order valence-electron chi connectivity index (χ0n) is 17.2. The van der Waals surface area contributed by atoms with Crippen molar-refractivity contribution in [1.82, 2.24) is 14.7 Å². The molecule has 0 radical (unpaired) electrons. The second-order valence-corrected chi connectivity index (χ2v) is 9.11. The van der Waals surface area contributed by atoms with E-state index in [4.69, 9.17) is 9.47 Å². The second-order valence-electron chi connectivity index (χ2n) is 9.11. The number of nitrogens with zero attached hydrogens (tertiary/aromatic N) is 3. The fourth-order valence-electron chi connectivity index (χ4n) is 5.81. The molecule has 2 saturated heterocycles. The molecule has 3 aliphatic heterocycles. The van der Waals surface area contributed by atoms with Crippen LogP contribution in [0, 0.1) is 23.7 Å². The van der Waals surface area contributed by atoms with Gasteiger partial charge in [0.25, 0.3) is 0 Å². The molecule has 8 heteroatoms. The molecule has 8 nitrogen and oxygen atoms in total. The van der Waals surface area contributed by atoms with Crippen LogP contribution in [0.4, 0.5) is 0 Å². The molecule has 1 saturated carbocycles. The van der Waals surface area contributed by atoms with Crippen molar-refractivity contribution in [1.29, 1.82) is 0 Å². The monoisotopic (exact) mass is 423 g/mol. The Morgan fingerprint density at radius 2 is 1.61 bits per heavy atom. The molecule has 3 fully saturated rings. The smallest absolute Gasteiger partial charge is 0.242 e. The third-order valence-corrected chi connectivity index (χ3v) is 7.42. The maximum absolute atomic E-state index is 12.9. The molecular formula is C23H25N3O5. The van der Waals surface area contributed by atoms with Crippen molar-refractivity contribution in [3.63, 3.8) is 0 Å². The van der Waals surface area contributed by atoms with E-state index in [9.17, 15) is 14.4 Å². The number of amides is 3. The molecule has 2 aliphatic carbocycles. The quantitative estimate of drug-likeness (QED) is 0.528. The molecule has 31 heavy (non-hydrogen) atoms. The number of benzene rings is 1. The van der Waals surface area contributed by atoms with Gasteiger partial charge in [-0.2, -0.15) is 0 Å². The highest BCUT2D eigenvalue weighted by Gasteiger charge is 2.59. The number of rotatable bonds is 4. The third-order valence-electron chi connectivity index (χ3n) is 7.42. The predicted molar refractivity (Wildman–Crippen MR) is 109 cm³/mol. The van der Waals surface area contributed by atoms with Crippen molar-refractivity contribution in [2.75, 3.05) is 39.5 Å². The first-order chi connectivity index (χ1) is 15.1. The van der Waals surface area contributed by atoms with E-state index in [1.165, 1.54) is 4.90 Å². The maximum Gasteiger partial charge on any atom is 0.242 e. The molecule has 4 atom stereocenters. The zero-order valence-corrected chi connectivity index (χ0v) is 17.2. The summed E-state index contributed by atoms with van der Waals surface area (Å²) in [6.45, 7) is 3.62. The van der Waals surface area contributed by atoms with E-state index in [-0.39, 0.29) is 54.7 Å². The van der Waals surface area contributed by atoms with E-state index >= 15 is 0 Å². The van der Waals surface area contributed by atoms with Crippen LogP contribution in [0.1, 0.15) is 12.0 Å². The summed E-state index contributed by atoms with van der Waals surface area (Å²) in [6.07, 6.45) is 5.04. The summed E-state index contributed by atoms with van der Waals surface area (Å²) in [7, 11) is 0. The lowest BCUT2D eigenvalue weighted by molar-refractivity contribution is -0.147. The lowest BCUT2D eigenvalue weighted by atomic mass is 9.85. The van der Waals surface area contributed by atoms with Gasteiger partial charge in [-0.15, -0.1) is 0 Å². The molecule has 2 bridgehead atoms. The first-order valence-corrected chi connectivity index (χ1v) is 11.0. The van der Waals surface area contributed by atoms with Crippen LogP contribution in [0.5, 0.6) is 11.5 Å². The number of ether oxygens (including phenoxy) is 2. The number of hydrogen-bond donors (Lipinski definition) is 0. The molecule has 6 rings (SSSR count). The number of allylic oxidation sites excluding steroid dienone is 2. The zero-order chi connectivity index (χ0) is 21.1. The number of imide groups is 1. The average molecular weight is 423 g/mol. The average Bonchev–Trinajstić information content (AvgIpc) is 3.55. The first-order valence-electron chi connectivity index (χ1n) is 11.0. The molecule has 0 unspecified atom stereocenters. The van der Waals surface area contributed by atoms with E-state index < -0.39 is 0 Å². The van der Waals surface area contributed by atoms with Gasteiger partial charge in [0.1, 0.15) is 6.54 Å². The summed E-state index contributed by atoms with van der Waals surface area (Å²) >= 11 is 0. The van der Waals surface area contributed by atoms with Crippen molar-refractivity contribution in [3.8, 4) is 11.5 Å². The standard InChI is InChI=1S/C23H25N3O5/c27-19(12-26-22(28)20-15-2-3-16(10-15)21(20)23(26)29)25-7-5-24(6-8-25)11-14-1-4-17-18(9-14)31-13-30-17/h1-4,9,15-16,20-21H,5-8,10-13H2/t15-,16-,20+,21+/m0/s1. The Morgan fingerprint density at radius 1 is 0.935 bits per heavy atom. The molecule has 5 aliphatic rings. The Balaban J connectivity index is 1.03. The minimum Gasteiger partial charge on any atom is -0.454 e. The number of hydrogen-bond acceptors (Lipinski definition) is 6. The van der Waals surface area contributed by atoms with Crippen LogP contribution in [0.15, 0.2) is 30.4 Å². The number of piperazine rings is 1. The van der Waals surface area contributed by atoms with Gasteiger partial charge in [-0.1, -0.05) is 18.2 Å². The number of carbonyl (C=O) groups excluding carboxylic acids is 3. The normalized spacial score (nSPS) is 31.1. The van der Waals surface area contributed by atoms with Gasteiger partial charge in [0.05, 0.1) is 11.8 Å². The van der Waals surface area contributed by atoms with Crippen molar-refractivity contribution < 1.29 is 23.9 Å². The van der Waals surface area contributed by atoms with Gasteiger partial charge in [-0.05, 0) is 36.0 Å². The molecular weight excluding hydrogens is 398 g/mol. The Kier molecular flexibility index (Phi) is 4.31. The van der Waals surface area contributed by atoms with E-state index in [0.29, 0.717) is 13.1 Å². The fraction of sp³-hybridized carbons (Fsp3) is 0.522. The lowest BCUT2D eigenvalue weighted by Gasteiger charge is -2.35. The minimum atomic E-state index is -0.242. The number of fused-ring (bicyclic) bond motifs is 6. The van der Waals surface area contributed by atoms with Gasteiger partial charge in [-0.25, -0.2) is 0 Å². The maximum atomic E-state index is 12.9. The highest BCUT2D eigenvalue weighted by Crippen LogP contribution is 2.52. The molecule has 0 spiro atoms. The van der Waals surface area contributed by atoms with E-state index in [1.54, 1.807) is 4.90 Å². The van der Waals surface area contributed by atoms with Crippen LogP contribution in [-0.2, 0) is 20.9 Å². The summed E-state index contributed by atoms with van der Waals surface area (Å²) in [6, 6.07) is 5.97. The van der Waals surface area contributed by atoms with Gasteiger partial charge in [0.2, 0.25) is 24.5 Å². The highest BCUT2D eigenvalue weighted by atomic mass is 16.7. The Labute approximate surface area is 180 Å². The van der Waals surface area contributed by atoms with Gasteiger partial charge < -0.3 is 14.4 Å². The second kappa shape index (κ2) is 7.09. The van der Waals surface area contributed by atoms with E-state index in [1.807, 2.05) is 18.2 Å². The van der Waals surface area contributed by atoms with Crippen molar-refractivity contribution in [3.05, 3.63) is 35.9 Å². The molecule has 0 aromatic heterocycles. The minimum absolute atomic E-state index is 0.119. The van der Waals surface area contributed by atoms with Crippen LogP contribution >= 0.6 is 0 Å². The first kappa shape index (κ1) is 18.9. The SMILES string of the molecule is O=C(CN1C(=O)[C@H]2[C@H](C1=O)[C@H]1C=C[C@H]2C1)N1CCN(Cc2ccc3c(c2)OCO3)CC1. The third kappa shape index (κ3) is 3.04. The molecule has 3 heterocycles. The van der Waals surface area contributed by atoms with Crippen molar-refractivity contribution in [2.45, 2.75) is 13.0 Å². The van der Waals surface area contributed by atoms with Gasteiger partial charge >= 0.3 is 0 Å². The van der Waals surface area contributed by atoms with E-state index in [2.05, 4.69) is 17.1 Å². The molecule has 0 N–H and O–H groups in total. The Bertz CT molecular complexity index is 953. The molecule has 162 valence electrons. The van der Waals surface area contributed by atoms with Crippen LogP contribution < -0.4 is 9.47 Å². The molecule has 3 amide bonds. The lowest BCUT2D eigenvalue weighted by Crippen LogP contribution is -2.51. The summed E-state index contributed by atoms with van der Waals surface area (Å²) in [5.74, 6) is 0.978. The van der Waals surface area contributed by atoms with Crippen LogP contribution in [0.3, 0.4) is 0 Å². The van der Waals surface area contributed by atoms with Gasteiger partial charge in [-0.3, -0.25) is 24.2 Å². The summed E-state index contributed by atoms with van der Waals surface area (Å²) in [4.78, 5) is 43.8. The predicted octanol–water partition coefficient (Wildman–Crippen LogP) is 0.867. The van der Waals surface area contributed by atoms with Crippen LogP contribution in [-0.4, -0.2) is 71.9 Å². The molecule has 1 aromatic carbocycles. The number of likely N-dealkylation sites (tertiary alicyclic amines) is 1. The van der Waals surface area contributed by atoms with Gasteiger partial charge in [0.15, 0.2) is 11.5 Å². The van der Waals surface area contributed by atoms with Crippen molar-refractivity contribution >= 4 is 17.7 Å². The van der Waals surface area contributed by atoms with Crippen LogP contribution in [0.25, 0.3) is 0 Å². The highest BCUT2D eigenvalue weighted by molar-refractivity contribution is 6.08. The van der Waals surface area contributed by atoms with Gasteiger partial charge in [0, 0.05) is 32.7 Å². The molecule has 1 aromatic rings. The van der Waals surface area contributed by atoms with Crippen molar-refractivity contribution in [2.24, 2.45) is 23.7 Å². The summed E-state index contributed by atoms with van der Waals surface area (Å²) < 4.78 is 10.8. The Morgan fingerprint density at radius 3 is 2.32 bits per heavy atom.